The lowest BCUT2D eigenvalue weighted by Gasteiger charge is -2.49. The Morgan fingerprint density at radius 1 is 0.639 bits per heavy atom. The number of phenolic OH excluding ortho intramolecular Hbond substituents is 1. The van der Waals surface area contributed by atoms with Crippen molar-refractivity contribution < 1.29 is 29.2 Å². The number of aliphatic hydroxyl groups is 1. The molecule has 1 aliphatic rings. The van der Waals surface area contributed by atoms with Crippen LogP contribution in [0.1, 0.15) is 30.5 Å². The maximum Gasteiger partial charge on any atom is 0.161 e. The fourth-order valence-electron chi connectivity index (χ4n) is 5.64. The molecule has 6 heteroatoms. The van der Waals surface area contributed by atoms with E-state index in [9.17, 15) is 10.2 Å². The van der Waals surface area contributed by atoms with E-state index >= 15 is 0 Å². The second-order valence-corrected chi connectivity index (χ2v) is 9.53. The van der Waals surface area contributed by atoms with Crippen molar-refractivity contribution in [3.05, 3.63) is 77.4 Å². The SMILES string of the molecule is COc1cc2c(cc1OC)C(C)(C)C(O)(c1ccccc1)c1cc(O)c3cc(OC)c(OC)cc3c1-2. The third-order valence-corrected chi connectivity index (χ3v) is 7.57. The standard InChI is InChI=1S/C30H30O6/c1-29(2)21-16-27(36-6)26(35-5)14-20(21)28-19-13-25(34-4)24(33-3)12-18(19)23(31)15-22(28)30(29,32)17-10-8-7-9-11-17/h7-16,31-32H,1-6H3. The highest BCUT2D eigenvalue weighted by molar-refractivity contribution is 6.05. The van der Waals surface area contributed by atoms with Crippen LogP contribution in [0.5, 0.6) is 28.7 Å². The van der Waals surface area contributed by atoms with Crippen molar-refractivity contribution in [1.82, 2.24) is 0 Å². The van der Waals surface area contributed by atoms with Crippen LogP contribution in [-0.2, 0) is 11.0 Å². The minimum absolute atomic E-state index is 0.0405. The molecule has 0 saturated carbocycles. The molecule has 1 atom stereocenters. The second-order valence-electron chi connectivity index (χ2n) is 9.53. The molecular formula is C30H30O6. The van der Waals surface area contributed by atoms with Gasteiger partial charge in [-0.25, -0.2) is 0 Å². The normalized spacial score (nSPS) is 17.8. The number of hydrogen-bond donors (Lipinski definition) is 2. The van der Waals surface area contributed by atoms with Gasteiger partial charge in [-0.3, -0.25) is 0 Å². The summed E-state index contributed by atoms with van der Waals surface area (Å²) >= 11 is 0. The van der Waals surface area contributed by atoms with Gasteiger partial charge in [-0.05, 0) is 58.0 Å². The molecule has 36 heavy (non-hydrogen) atoms. The topological polar surface area (TPSA) is 77.4 Å². The number of aromatic hydroxyl groups is 1. The smallest absolute Gasteiger partial charge is 0.161 e. The second kappa shape index (κ2) is 8.35. The summed E-state index contributed by atoms with van der Waals surface area (Å²) in [5.74, 6) is 2.21. The third kappa shape index (κ3) is 3.07. The summed E-state index contributed by atoms with van der Waals surface area (Å²) in [4.78, 5) is 0. The highest BCUT2D eigenvalue weighted by Crippen LogP contribution is 2.60. The van der Waals surface area contributed by atoms with Gasteiger partial charge in [-0.1, -0.05) is 44.2 Å². The van der Waals surface area contributed by atoms with Crippen molar-refractivity contribution in [2.45, 2.75) is 24.9 Å². The summed E-state index contributed by atoms with van der Waals surface area (Å²) in [6.45, 7) is 4.01. The molecule has 0 aliphatic heterocycles. The summed E-state index contributed by atoms with van der Waals surface area (Å²) in [5, 5.41) is 25.3. The molecule has 2 N–H and O–H groups in total. The van der Waals surface area contributed by atoms with Gasteiger partial charge in [0.05, 0.1) is 28.4 Å². The highest BCUT2D eigenvalue weighted by Gasteiger charge is 2.53. The number of ether oxygens (including phenoxy) is 4. The Balaban J connectivity index is 2.02. The summed E-state index contributed by atoms with van der Waals surface area (Å²) in [6, 6.07) is 18.7. The fourth-order valence-corrected chi connectivity index (χ4v) is 5.64. The van der Waals surface area contributed by atoms with Gasteiger partial charge in [0, 0.05) is 16.4 Å². The Morgan fingerprint density at radius 3 is 1.75 bits per heavy atom. The quantitative estimate of drug-likeness (QED) is 0.373. The fraction of sp³-hybridized carbons (Fsp3) is 0.267. The first-order chi connectivity index (χ1) is 17.2. The molecule has 4 aromatic rings. The molecule has 0 aromatic heterocycles. The number of benzene rings is 4. The summed E-state index contributed by atoms with van der Waals surface area (Å²) in [7, 11) is 6.33. The van der Waals surface area contributed by atoms with Gasteiger partial charge in [0.15, 0.2) is 23.0 Å². The molecule has 186 valence electrons. The van der Waals surface area contributed by atoms with E-state index in [1.807, 2.05) is 62.4 Å². The first-order valence-corrected chi connectivity index (χ1v) is 11.7. The Kier molecular flexibility index (Phi) is 5.52. The maximum atomic E-state index is 12.7. The van der Waals surface area contributed by atoms with E-state index in [4.69, 9.17) is 18.9 Å². The van der Waals surface area contributed by atoms with Gasteiger partial charge in [-0.15, -0.1) is 0 Å². The Bertz CT molecular complexity index is 1470. The van der Waals surface area contributed by atoms with Crippen LogP contribution in [0.25, 0.3) is 21.9 Å². The predicted octanol–water partition coefficient (Wildman–Crippen LogP) is 5.77. The minimum Gasteiger partial charge on any atom is -0.507 e. The number of rotatable bonds is 5. The van der Waals surface area contributed by atoms with Gasteiger partial charge >= 0.3 is 0 Å². The maximum absolute atomic E-state index is 12.7. The van der Waals surface area contributed by atoms with Crippen LogP contribution in [0.2, 0.25) is 0 Å². The average molecular weight is 487 g/mol. The van der Waals surface area contributed by atoms with Crippen LogP contribution < -0.4 is 18.9 Å². The molecule has 0 fully saturated rings. The van der Waals surface area contributed by atoms with Gasteiger partial charge in [0.25, 0.3) is 0 Å². The van der Waals surface area contributed by atoms with E-state index in [0.717, 1.165) is 27.6 Å². The monoisotopic (exact) mass is 486 g/mol. The third-order valence-electron chi connectivity index (χ3n) is 7.57. The first kappa shape index (κ1) is 23.8. The largest absolute Gasteiger partial charge is 0.507 e. The van der Waals surface area contributed by atoms with Crippen molar-refractivity contribution >= 4 is 10.8 Å². The molecule has 6 nitrogen and oxygen atoms in total. The molecule has 0 spiro atoms. The number of phenols is 1. The lowest BCUT2D eigenvalue weighted by Crippen LogP contribution is -2.49. The Hall–Kier alpha value is -3.90. The van der Waals surface area contributed by atoms with Crippen LogP contribution in [0, 0.1) is 0 Å². The Morgan fingerprint density at radius 2 is 1.17 bits per heavy atom. The van der Waals surface area contributed by atoms with Gasteiger partial charge in [0.1, 0.15) is 11.4 Å². The molecule has 5 rings (SSSR count). The lowest BCUT2D eigenvalue weighted by molar-refractivity contribution is 0.00664. The molecular weight excluding hydrogens is 456 g/mol. The molecule has 0 bridgehead atoms. The van der Waals surface area contributed by atoms with Gasteiger partial charge < -0.3 is 29.2 Å². The number of hydrogen-bond acceptors (Lipinski definition) is 6. The van der Waals surface area contributed by atoms with Crippen molar-refractivity contribution in [2.24, 2.45) is 0 Å². The van der Waals surface area contributed by atoms with E-state index in [1.165, 1.54) is 0 Å². The van der Waals surface area contributed by atoms with Gasteiger partial charge in [-0.2, -0.15) is 0 Å². The van der Waals surface area contributed by atoms with E-state index < -0.39 is 11.0 Å². The van der Waals surface area contributed by atoms with Crippen LogP contribution >= 0.6 is 0 Å². The molecule has 0 radical (unpaired) electrons. The predicted molar refractivity (Wildman–Crippen MR) is 140 cm³/mol. The first-order valence-electron chi connectivity index (χ1n) is 11.7. The highest BCUT2D eigenvalue weighted by atomic mass is 16.5. The molecule has 0 amide bonds. The van der Waals surface area contributed by atoms with Crippen molar-refractivity contribution in [3.63, 3.8) is 0 Å². The van der Waals surface area contributed by atoms with Crippen molar-refractivity contribution in [1.29, 1.82) is 0 Å². The summed E-state index contributed by atoms with van der Waals surface area (Å²) in [6.07, 6.45) is 0. The van der Waals surface area contributed by atoms with E-state index in [-0.39, 0.29) is 5.75 Å². The van der Waals surface area contributed by atoms with E-state index in [0.29, 0.717) is 33.9 Å². The average Bonchev–Trinajstić information content (AvgIpc) is 2.90. The minimum atomic E-state index is -1.48. The molecule has 1 aliphatic carbocycles. The number of methoxy groups -OCH3 is 4. The summed E-state index contributed by atoms with van der Waals surface area (Å²) < 4.78 is 22.4. The molecule has 0 saturated heterocycles. The molecule has 4 aromatic carbocycles. The molecule has 1 unspecified atom stereocenters. The summed E-state index contributed by atoms with van der Waals surface area (Å²) in [5.41, 5.74) is 1.57. The Labute approximate surface area is 210 Å². The van der Waals surface area contributed by atoms with Crippen LogP contribution in [-0.4, -0.2) is 38.7 Å². The zero-order valence-corrected chi connectivity index (χ0v) is 21.3. The van der Waals surface area contributed by atoms with Gasteiger partial charge in [0.2, 0.25) is 0 Å². The zero-order chi connectivity index (χ0) is 25.8. The lowest BCUT2D eigenvalue weighted by atomic mass is 9.57. The number of fused-ring (bicyclic) bond motifs is 5. The van der Waals surface area contributed by atoms with E-state index in [1.54, 1.807) is 40.6 Å². The van der Waals surface area contributed by atoms with E-state index in [2.05, 4.69) is 0 Å². The van der Waals surface area contributed by atoms with Crippen molar-refractivity contribution in [2.75, 3.05) is 28.4 Å². The van der Waals surface area contributed by atoms with Crippen molar-refractivity contribution in [3.8, 4) is 39.9 Å². The van der Waals surface area contributed by atoms with Crippen LogP contribution in [0.3, 0.4) is 0 Å². The molecule has 0 heterocycles. The van der Waals surface area contributed by atoms with Crippen LogP contribution in [0.15, 0.2) is 60.7 Å². The zero-order valence-electron chi connectivity index (χ0n) is 21.3. The van der Waals surface area contributed by atoms with Crippen LogP contribution in [0.4, 0.5) is 0 Å².